The number of piperazine rings is 1. The molecule has 0 radical (unpaired) electrons. The first-order chi connectivity index (χ1) is 12.3. The van der Waals surface area contributed by atoms with Crippen molar-refractivity contribution in [3.8, 4) is 0 Å². The smallest absolute Gasteiger partial charge is 0.272 e. The Labute approximate surface area is 146 Å². The van der Waals surface area contributed by atoms with Gasteiger partial charge in [0, 0.05) is 38.9 Å². The number of rotatable bonds is 6. The van der Waals surface area contributed by atoms with Crippen LogP contribution in [0.5, 0.6) is 0 Å². The third-order valence-corrected chi connectivity index (χ3v) is 4.16. The summed E-state index contributed by atoms with van der Waals surface area (Å²) < 4.78 is 0. The molecule has 0 atom stereocenters. The minimum atomic E-state index is -0.126. The fourth-order valence-electron chi connectivity index (χ4n) is 2.72. The molecule has 1 N–H and O–H groups in total. The van der Waals surface area contributed by atoms with Gasteiger partial charge in [0.25, 0.3) is 5.91 Å². The topological polar surface area (TPSA) is 78.4 Å². The van der Waals surface area contributed by atoms with Crippen LogP contribution in [0.4, 0.5) is 5.95 Å². The number of aromatic nitrogens is 2. The zero-order valence-electron chi connectivity index (χ0n) is 14.0. The van der Waals surface area contributed by atoms with E-state index in [1.807, 2.05) is 18.2 Å². The molecule has 2 amide bonds. The molecule has 1 fully saturated rings. The minimum absolute atomic E-state index is 0.126. The standard InChI is InChI=1S/C18H21N5O2/c24-14-22-10-12-23(13-11-22)17(25)16-7-9-20-18(21-16)19-8-6-15-4-2-1-3-5-15/h1-5,7,9,14H,6,8,10-13H2,(H,19,20,21). The molecular weight excluding hydrogens is 318 g/mol. The Morgan fingerprint density at radius 3 is 2.60 bits per heavy atom. The molecule has 1 aliphatic rings. The second-order valence-electron chi connectivity index (χ2n) is 5.86. The van der Waals surface area contributed by atoms with Gasteiger partial charge in [0.1, 0.15) is 5.69 Å². The summed E-state index contributed by atoms with van der Waals surface area (Å²) in [6.07, 6.45) is 3.27. The number of hydrogen-bond donors (Lipinski definition) is 1. The predicted molar refractivity (Wildman–Crippen MR) is 94.2 cm³/mol. The van der Waals surface area contributed by atoms with Crippen molar-refractivity contribution in [3.05, 3.63) is 53.9 Å². The summed E-state index contributed by atoms with van der Waals surface area (Å²) in [5.74, 6) is 0.326. The third kappa shape index (κ3) is 4.53. The summed E-state index contributed by atoms with van der Waals surface area (Å²) >= 11 is 0. The van der Waals surface area contributed by atoms with E-state index in [2.05, 4.69) is 27.4 Å². The lowest BCUT2D eigenvalue weighted by Crippen LogP contribution is -2.48. The Hall–Kier alpha value is -2.96. The van der Waals surface area contributed by atoms with Gasteiger partial charge in [0.2, 0.25) is 12.4 Å². The fraction of sp³-hybridized carbons (Fsp3) is 0.333. The van der Waals surface area contributed by atoms with Crippen molar-refractivity contribution >= 4 is 18.3 Å². The summed E-state index contributed by atoms with van der Waals surface area (Å²) in [5.41, 5.74) is 1.60. The summed E-state index contributed by atoms with van der Waals surface area (Å²) in [4.78, 5) is 35.2. The molecule has 0 spiro atoms. The molecule has 1 saturated heterocycles. The van der Waals surface area contributed by atoms with E-state index in [1.54, 1.807) is 22.1 Å². The molecular formula is C18H21N5O2. The molecule has 0 aliphatic carbocycles. The van der Waals surface area contributed by atoms with Crippen LogP contribution in [0, 0.1) is 0 Å². The van der Waals surface area contributed by atoms with Gasteiger partial charge in [-0.05, 0) is 18.1 Å². The molecule has 2 heterocycles. The third-order valence-electron chi connectivity index (χ3n) is 4.16. The minimum Gasteiger partial charge on any atom is -0.354 e. The van der Waals surface area contributed by atoms with Crippen LogP contribution in [0.1, 0.15) is 16.1 Å². The van der Waals surface area contributed by atoms with E-state index in [-0.39, 0.29) is 5.91 Å². The molecule has 0 unspecified atom stereocenters. The SMILES string of the molecule is O=CN1CCN(C(=O)c2ccnc(NCCc3ccccc3)n2)CC1. The van der Waals surface area contributed by atoms with Crippen molar-refractivity contribution < 1.29 is 9.59 Å². The van der Waals surface area contributed by atoms with Gasteiger partial charge in [-0.3, -0.25) is 9.59 Å². The monoisotopic (exact) mass is 339 g/mol. The van der Waals surface area contributed by atoms with Crippen molar-refractivity contribution in [3.63, 3.8) is 0 Å². The van der Waals surface area contributed by atoms with E-state index < -0.39 is 0 Å². The van der Waals surface area contributed by atoms with Crippen LogP contribution in [0.25, 0.3) is 0 Å². The number of amides is 2. The number of nitrogens with zero attached hydrogens (tertiary/aromatic N) is 4. The molecule has 7 heteroatoms. The first-order valence-corrected chi connectivity index (χ1v) is 8.36. The summed E-state index contributed by atoms with van der Waals surface area (Å²) in [5, 5.41) is 3.16. The van der Waals surface area contributed by atoms with Crippen LogP contribution >= 0.6 is 0 Å². The predicted octanol–water partition coefficient (Wildman–Crippen LogP) is 1.05. The maximum Gasteiger partial charge on any atom is 0.272 e. The fourth-order valence-corrected chi connectivity index (χ4v) is 2.72. The van der Waals surface area contributed by atoms with Crippen LogP contribution in [0.15, 0.2) is 42.6 Å². The average Bonchev–Trinajstić information content (AvgIpc) is 2.68. The lowest BCUT2D eigenvalue weighted by Gasteiger charge is -2.32. The first kappa shape index (κ1) is 16.9. The number of carbonyl (C=O) groups excluding carboxylic acids is 2. The Morgan fingerprint density at radius 2 is 1.88 bits per heavy atom. The maximum atomic E-state index is 12.5. The molecule has 130 valence electrons. The van der Waals surface area contributed by atoms with E-state index in [0.29, 0.717) is 44.4 Å². The highest BCUT2D eigenvalue weighted by Crippen LogP contribution is 2.08. The van der Waals surface area contributed by atoms with Gasteiger partial charge >= 0.3 is 0 Å². The summed E-state index contributed by atoms with van der Waals surface area (Å²) in [6, 6.07) is 11.8. The molecule has 1 aromatic heterocycles. The van der Waals surface area contributed by atoms with Crippen LogP contribution in [-0.2, 0) is 11.2 Å². The average molecular weight is 339 g/mol. The van der Waals surface area contributed by atoms with Gasteiger partial charge in [-0.25, -0.2) is 9.97 Å². The van der Waals surface area contributed by atoms with Crippen LogP contribution in [-0.4, -0.2) is 64.8 Å². The molecule has 1 aromatic carbocycles. The lowest BCUT2D eigenvalue weighted by molar-refractivity contribution is -0.119. The van der Waals surface area contributed by atoms with Gasteiger partial charge in [0.05, 0.1) is 0 Å². The first-order valence-electron chi connectivity index (χ1n) is 8.36. The summed E-state index contributed by atoms with van der Waals surface area (Å²) in [7, 11) is 0. The molecule has 25 heavy (non-hydrogen) atoms. The van der Waals surface area contributed by atoms with Gasteiger partial charge in [0.15, 0.2) is 0 Å². The molecule has 0 saturated carbocycles. The van der Waals surface area contributed by atoms with E-state index in [9.17, 15) is 9.59 Å². The highest BCUT2D eigenvalue weighted by Gasteiger charge is 2.22. The highest BCUT2D eigenvalue weighted by molar-refractivity contribution is 5.92. The molecule has 3 rings (SSSR count). The van der Waals surface area contributed by atoms with Crippen LogP contribution in [0.3, 0.4) is 0 Å². The Morgan fingerprint density at radius 1 is 1.12 bits per heavy atom. The normalized spacial score (nSPS) is 14.2. The largest absolute Gasteiger partial charge is 0.354 e. The zero-order chi connectivity index (χ0) is 17.5. The van der Waals surface area contributed by atoms with E-state index in [1.165, 1.54) is 5.56 Å². The van der Waals surface area contributed by atoms with Crippen molar-refractivity contribution in [1.82, 2.24) is 19.8 Å². The van der Waals surface area contributed by atoms with Gasteiger partial charge in [-0.15, -0.1) is 0 Å². The zero-order valence-corrected chi connectivity index (χ0v) is 14.0. The lowest BCUT2D eigenvalue weighted by atomic mass is 10.1. The van der Waals surface area contributed by atoms with Crippen LogP contribution < -0.4 is 5.32 Å². The van der Waals surface area contributed by atoms with E-state index in [0.717, 1.165) is 12.8 Å². The summed E-state index contributed by atoms with van der Waals surface area (Å²) in [6.45, 7) is 2.86. The van der Waals surface area contributed by atoms with Gasteiger partial charge in [-0.2, -0.15) is 0 Å². The molecule has 1 aliphatic heterocycles. The number of benzene rings is 1. The maximum absolute atomic E-state index is 12.5. The Balaban J connectivity index is 1.55. The number of nitrogens with one attached hydrogen (secondary N) is 1. The second kappa shape index (κ2) is 8.23. The quantitative estimate of drug-likeness (QED) is 0.796. The van der Waals surface area contributed by atoms with Crippen molar-refractivity contribution in [1.29, 1.82) is 0 Å². The van der Waals surface area contributed by atoms with E-state index in [4.69, 9.17) is 0 Å². The van der Waals surface area contributed by atoms with E-state index >= 15 is 0 Å². The molecule has 2 aromatic rings. The van der Waals surface area contributed by atoms with Crippen LogP contribution in [0.2, 0.25) is 0 Å². The van der Waals surface area contributed by atoms with Gasteiger partial charge < -0.3 is 15.1 Å². The van der Waals surface area contributed by atoms with Gasteiger partial charge in [-0.1, -0.05) is 30.3 Å². The Bertz CT molecular complexity index is 714. The Kier molecular flexibility index (Phi) is 5.56. The molecule has 0 bridgehead atoms. The number of hydrogen-bond acceptors (Lipinski definition) is 5. The van der Waals surface area contributed by atoms with Crippen molar-refractivity contribution in [2.45, 2.75) is 6.42 Å². The highest BCUT2D eigenvalue weighted by atomic mass is 16.2. The number of carbonyl (C=O) groups is 2. The molecule has 7 nitrogen and oxygen atoms in total. The van der Waals surface area contributed by atoms with Crippen molar-refractivity contribution in [2.24, 2.45) is 0 Å². The number of anilines is 1. The van der Waals surface area contributed by atoms with Crippen molar-refractivity contribution in [2.75, 3.05) is 38.0 Å². The second-order valence-corrected chi connectivity index (χ2v) is 5.86.